The number of ether oxygens (including phenoxy) is 2. The standard InChI is InChI=1S/C16H28O5/c1-3-20-16(19)11-13(18)10-15-9-12(2)8-14(21-15)6-4-5-7-17/h13-15,17-18H,2-11H2,1H3. The Morgan fingerprint density at radius 2 is 2.14 bits per heavy atom. The van der Waals surface area contributed by atoms with Gasteiger partial charge in [0.2, 0.25) is 0 Å². The van der Waals surface area contributed by atoms with Crippen molar-refractivity contribution in [2.24, 2.45) is 0 Å². The highest BCUT2D eigenvalue weighted by Gasteiger charge is 2.27. The van der Waals surface area contributed by atoms with Crippen LogP contribution in [0, 0.1) is 0 Å². The number of hydrogen-bond acceptors (Lipinski definition) is 5. The lowest BCUT2D eigenvalue weighted by molar-refractivity contribution is -0.146. The molecule has 0 aliphatic carbocycles. The number of rotatable bonds is 9. The lowest BCUT2D eigenvalue weighted by Crippen LogP contribution is -2.32. The molecule has 0 spiro atoms. The molecule has 1 heterocycles. The highest BCUT2D eigenvalue weighted by molar-refractivity contribution is 5.69. The van der Waals surface area contributed by atoms with E-state index in [9.17, 15) is 9.90 Å². The van der Waals surface area contributed by atoms with Gasteiger partial charge in [-0.15, -0.1) is 0 Å². The molecule has 0 aromatic rings. The molecule has 3 atom stereocenters. The van der Waals surface area contributed by atoms with Gasteiger partial charge >= 0.3 is 5.97 Å². The van der Waals surface area contributed by atoms with Gasteiger partial charge in [-0.3, -0.25) is 4.79 Å². The van der Waals surface area contributed by atoms with E-state index in [-0.39, 0.29) is 31.2 Å². The number of aliphatic hydroxyl groups excluding tert-OH is 2. The molecule has 1 saturated heterocycles. The van der Waals surface area contributed by atoms with E-state index in [1.54, 1.807) is 6.92 Å². The quantitative estimate of drug-likeness (QED) is 0.387. The van der Waals surface area contributed by atoms with Crippen molar-refractivity contribution in [1.29, 1.82) is 0 Å². The van der Waals surface area contributed by atoms with Crippen LogP contribution in [0.15, 0.2) is 12.2 Å². The van der Waals surface area contributed by atoms with Crippen molar-refractivity contribution in [3.05, 3.63) is 12.2 Å². The molecule has 5 heteroatoms. The average Bonchev–Trinajstić information content (AvgIpc) is 2.38. The maximum Gasteiger partial charge on any atom is 0.308 e. The smallest absolute Gasteiger partial charge is 0.308 e. The lowest BCUT2D eigenvalue weighted by Gasteiger charge is -2.32. The minimum absolute atomic E-state index is 0.00928. The third-order valence-corrected chi connectivity index (χ3v) is 3.59. The number of unbranched alkanes of at least 4 members (excludes halogenated alkanes) is 1. The number of hydrogen-bond donors (Lipinski definition) is 2. The van der Waals surface area contributed by atoms with Crippen LogP contribution in [0.3, 0.4) is 0 Å². The zero-order valence-electron chi connectivity index (χ0n) is 12.9. The fourth-order valence-corrected chi connectivity index (χ4v) is 2.69. The summed E-state index contributed by atoms with van der Waals surface area (Å²) in [6.45, 7) is 6.32. The molecule has 0 bridgehead atoms. The van der Waals surface area contributed by atoms with Crippen molar-refractivity contribution in [2.45, 2.75) is 70.2 Å². The molecule has 1 rings (SSSR count). The summed E-state index contributed by atoms with van der Waals surface area (Å²) in [7, 11) is 0. The van der Waals surface area contributed by atoms with Crippen molar-refractivity contribution >= 4 is 5.97 Å². The summed E-state index contributed by atoms with van der Waals surface area (Å²) in [6.07, 6.45) is 3.89. The summed E-state index contributed by atoms with van der Waals surface area (Å²) in [5.41, 5.74) is 1.13. The molecule has 122 valence electrons. The molecule has 0 saturated carbocycles. The Labute approximate surface area is 126 Å². The molecule has 0 aromatic heterocycles. The van der Waals surface area contributed by atoms with Gasteiger partial charge in [-0.1, -0.05) is 12.2 Å². The third-order valence-electron chi connectivity index (χ3n) is 3.59. The van der Waals surface area contributed by atoms with Crippen LogP contribution in [0.1, 0.15) is 51.9 Å². The number of aliphatic hydroxyl groups is 2. The second-order valence-electron chi connectivity index (χ2n) is 5.66. The summed E-state index contributed by atoms with van der Waals surface area (Å²) in [6, 6.07) is 0. The van der Waals surface area contributed by atoms with Gasteiger partial charge in [0, 0.05) is 13.0 Å². The van der Waals surface area contributed by atoms with Gasteiger partial charge in [0.25, 0.3) is 0 Å². The summed E-state index contributed by atoms with van der Waals surface area (Å²) >= 11 is 0. The van der Waals surface area contributed by atoms with Gasteiger partial charge in [0.15, 0.2) is 0 Å². The minimum Gasteiger partial charge on any atom is -0.466 e. The number of carbonyl (C=O) groups excluding carboxylic acids is 1. The van der Waals surface area contributed by atoms with Crippen LogP contribution >= 0.6 is 0 Å². The monoisotopic (exact) mass is 300 g/mol. The minimum atomic E-state index is -0.738. The molecule has 0 aromatic carbocycles. The van der Waals surface area contributed by atoms with E-state index in [1.807, 2.05) is 0 Å². The van der Waals surface area contributed by atoms with Crippen molar-refractivity contribution in [3.8, 4) is 0 Å². The topological polar surface area (TPSA) is 76.0 Å². The van der Waals surface area contributed by atoms with Gasteiger partial charge < -0.3 is 19.7 Å². The summed E-state index contributed by atoms with van der Waals surface area (Å²) in [4.78, 5) is 11.3. The Hall–Kier alpha value is -0.910. The molecule has 1 aliphatic rings. The van der Waals surface area contributed by atoms with Gasteiger partial charge in [0.05, 0.1) is 31.3 Å². The van der Waals surface area contributed by atoms with E-state index in [4.69, 9.17) is 14.6 Å². The Kier molecular flexibility index (Phi) is 8.57. The normalized spacial score (nSPS) is 23.9. The molecular weight excluding hydrogens is 272 g/mol. The van der Waals surface area contributed by atoms with Gasteiger partial charge in [-0.05, 0) is 39.0 Å². The van der Waals surface area contributed by atoms with Crippen LogP contribution in [-0.2, 0) is 14.3 Å². The van der Waals surface area contributed by atoms with E-state index >= 15 is 0 Å². The second-order valence-corrected chi connectivity index (χ2v) is 5.66. The summed E-state index contributed by atoms with van der Waals surface area (Å²) in [5, 5.41) is 18.8. The van der Waals surface area contributed by atoms with Crippen LogP contribution in [0.4, 0.5) is 0 Å². The van der Waals surface area contributed by atoms with Gasteiger partial charge in [-0.25, -0.2) is 0 Å². The molecule has 2 N–H and O–H groups in total. The Morgan fingerprint density at radius 1 is 1.43 bits per heavy atom. The predicted molar refractivity (Wildman–Crippen MR) is 79.8 cm³/mol. The first kappa shape index (κ1) is 18.1. The van der Waals surface area contributed by atoms with Crippen molar-refractivity contribution in [1.82, 2.24) is 0 Å². The molecule has 0 amide bonds. The van der Waals surface area contributed by atoms with Gasteiger partial charge in [-0.2, -0.15) is 0 Å². The van der Waals surface area contributed by atoms with Crippen molar-refractivity contribution in [2.75, 3.05) is 13.2 Å². The predicted octanol–water partition coefficient (Wildman–Crippen LogP) is 1.96. The molecule has 0 radical (unpaired) electrons. The highest BCUT2D eigenvalue weighted by Crippen LogP contribution is 2.28. The number of esters is 1. The Balaban J connectivity index is 2.35. The zero-order valence-corrected chi connectivity index (χ0v) is 12.9. The fraction of sp³-hybridized carbons (Fsp3) is 0.812. The number of carbonyl (C=O) groups is 1. The molecule has 1 aliphatic heterocycles. The van der Waals surface area contributed by atoms with Crippen LogP contribution in [0.5, 0.6) is 0 Å². The van der Waals surface area contributed by atoms with Crippen molar-refractivity contribution in [3.63, 3.8) is 0 Å². The molecule has 21 heavy (non-hydrogen) atoms. The van der Waals surface area contributed by atoms with E-state index in [0.717, 1.165) is 37.7 Å². The fourth-order valence-electron chi connectivity index (χ4n) is 2.69. The first-order chi connectivity index (χ1) is 10.0. The van der Waals surface area contributed by atoms with Crippen LogP contribution in [-0.4, -0.2) is 47.7 Å². The summed E-state index contributed by atoms with van der Waals surface area (Å²) in [5.74, 6) is -0.376. The van der Waals surface area contributed by atoms with Crippen LogP contribution in [0.25, 0.3) is 0 Å². The van der Waals surface area contributed by atoms with E-state index < -0.39 is 6.10 Å². The largest absolute Gasteiger partial charge is 0.466 e. The Morgan fingerprint density at radius 3 is 2.81 bits per heavy atom. The van der Waals surface area contributed by atoms with Gasteiger partial charge in [0.1, 0.15) is 0 Å². The first-order valence-corrected chi connectivity index (χ1v) is 7.81. The third kappa shape index (κ3) is 7.60. The molecular formula is C16H28O5. The Bertz CT molecular complexity index is 329. The second kappa shape index (κ2) is 9.92. The first-order valence-electron chi connectivity index (χ1n) is 7.81. The molecule has 5 nitrogen and oxygen atoms in total. The van der Waals surface area contributed by atoms with Crippen molar-refractivity contribution < 1.29 is 24.5 Å². The van der Waals surface area contributed by atoms with E-state index in [0.29, 0.717) is 13.0 Å². The van der Waals surface area contributed by atoms with Crippen LogP contribution in [0.2, 0.25) is 0 Å². The lowest BCUT2D eigenvalue weighted by atomic mass is 9.93. The molecule has 3 unspecified atom stereocenters. The average molecular weight is 300 g/mol. The van der Waals surface area contributed by atoms with E-state index in [1.165, 1.54) is 0 Å². The SMILES string of the molecule is C=C1CC(CCCCO)OC(CC(O)CC(=O)OCC)C1. The highest BCUT2D eigenvalue weighted by atomic mass is 16.5. The molecule has 1 fully saturated rings. The zero-order chi connectivity index (χ0) is 15.7. The van der Waals surface area contributed by atoms with E-state index in [2.05, 4.69) is 6.58 Å². The van der Waals surface area contributed by atoms with Crippen LogP contribution < -0.4 is 0 Å². The maximum absolute atomic E-state index is 11.3. The summed E-state index contributed by atoms with van der Waals surface area (Å²) < 4.78 is 10.8. The maximum atomic E-state index is 11.3.